The number of Topliss-reactive ketones (excluding diaryl/α,β-unsaturated/α-hetero) is 1. The van der Waals surface area contributed by atoms with Crippen molar-refractivity contribution in [2.75, 3.05) is 43.0 Å². The Morgan fingerprint density at radius 2 is 1.97 bits per heavy atom. The van der Waals surface area contributed by atoms with Crippen molar-refractivity contribution in [1.29, 1.82) is 0 Å². The highest BCUT2D eigenvalue weighted by molar-refractivity contribution is 8.03. The van der Waals surface area contributed by atoms with E-state index in [9.17, 15) is 9.59 Å². The predicted octanol–water partition coefficient (Wildman–Crippen LogP) is 3.60. The zero-order valence-corrected chi connectivity index (χ0v) is 17.4. The minimum Gasteiger partial charge on any atom is -0.353 e. The number of fused-ring (bicyclic) bond motifs is 5. The Morgan fingerprint density at radius 3 is 2.80 bits per heavy atom. The number of ketones is 1. The number of para-hydroxylation sites is 1. The lowest BCUT2D eigenvalue weighted by Crippen LogP contribution is -2.31. The monoisotopic (exact) mass is 424 g/mol. The lowest BCUT2D eigenvalue weighted by atomic mass is 10.1. The lowest BCUT2D eigenvalue weighted by molar-refractivity contribution is -0.105. The molecule has 1 saturated heterocycles. The number of nitrogens with zero attached hydrogens (tertiary/aromatic N) is 4. The Kier molecular flexibility index (Phi) is 4.83. The Bertz CT molecular complexity index is 1090. The summed E-state index contributed by atoms with van der Waals surface area (Å²) in [6, 6.07) is 9.04. The highest BCUT2D eigenvalue weighted by Crippen LogP contribution is 2.53. The number of hydrogen-bond donors (Lipinski definition) is 0. The van der Waals surface area contributed by atoms with Gasteiger partial charge in [0.1, 0.15) is 6.29 Å². The maximum Gasteiger partial charge on any atom is 0.171 e. The molecular weight excluding hydrogens is 403 g/mol. The summed E-state index contributed by atoms with van der Waals surface area (Å²) in [4.78, 5) is 36.4. The minimum absolute atomic E-state index is 0.0572. The molecule has 0 unspecified atom stereocenters. The predicted molar refractivity (Wildman–Crippen MR) is 115 cm³/mol. The molecule has 0 spiro atoms. The summed E-state index contributed by atoms with van der Waals surface area (Å²) in [5, 5.41) is 0.680. The molecule has 1 fully saturated rings. The molecule has 1 aromatic carbocycles. The maximum atomic E-state index is 15.1. The van der Waals surface area contributed by atoms with Crippen LogP contribution in [0.5, 0.6) is 0 Å². The third-order valence-electron chi connectivity index (χ3n) is 5.75. The fourth-order valence-electron chi connectivity index (χ4n) is 4.17. The van der Waals surface area contributed by atoms with Crippen LogP contribution in [-0.4, -0.2) is 55.2 Å². The number of rotatable bonds is 2. The van der Waals surface area contributed by atoms with Crippen molar-refractivity contribution in [3.8, 4) is 0 Å². The summed E-state index contributed by atoms with van der Waals surface area (Å²) in [7, 11) is 2.05. The first kappa shape index (κ1) is 19.3. The van der Waals surface area contributed by atoms with Crippen LogP contribution in [0.2, 0.25) is 0 Å². The zero-order chi connectivity index (χ0) is 20.8. The zero-order valence-electron chi connectivity index (χ0n) is 16.6. The van der Waals surface area contributed by atoms with Gasteiger partial charge in [-0.3, -0.25) is 14.5 Å². The molecule has 4 heterocycles. The van der Waals surface area contributed by atoms with Crippen LogP contribution >= 0.6 is 11.8 Å². The minimum atomic E-state index is -0.497. The van der Waals surface area contributed by atoms with E-state index >= 15 is 4.39 Å². The summed E-state index contributed by atoms with van der Waals surface area (Å²) in [6.07, 6.45) is 1.58. The summed E-state index contributed by atoms with van der Waals surface area (Å²) in [6.45, 7) is 3.14. The van der Waals surface area contributed by atoms with Crippen LogP contribution in [0.25, 0.3) is 0 Å². The van der Waals surface area contributed by atoms with Gasteiger partial charge in [0, 0.05) is 36.5 Å². The molecule has 0 N–H and O–H groups in total. The summed E-state index contributed by atoms with van der Waals surface area (Å²) in [5.74, 6) is -0.123. The van der Waals surface area contributed by atoms with Gasteiger partial charge in [0.05, 0.1) is 16.3 Å². The van der Waals surface area contributed by atoms with E-state index in [1.165, 1.54) is 17.8 Å². The molecule has 2 aromatic rings. The van der Waals surface area contributed by atoms with Gasteiger partial charge in [0.25, 0.3) is 0 Å². The van der Waals surface area contributed by atoms with E-state index < -0.39 is 5.82 Å². The molecule has 0 saturated carbocycles. The number of aldehydes is 1. The summed E-state index contributed by atoms with van der Waals surface area (Å²) >= 11 is 1.45. The van der Waals surface area contributed by atoms with Gasteiger partial charge >= 0.3 is 0 Å². The smallest absolute Gasteiger partial charge is 0.171 e. The maximum absolute atomic E-state index is 15.1. The molecule has 5 rings (SSSR count). The lowest BCUT2D eigenvalue weighted by Gasteiger charge is -2.26. The topological polar surface area (TPSA) is 56.8 Å². The number of hydrogen-bond acceptors (Lipinski definition) is 7. The summed E-state index contributed by atoms with van der Waals surface area (Å²) < 4.78 is 15.1. The number of benzene rings is 1. The molecule has 0 bridgehead atoms. The first-order valence-corrected chi connectivity index (χ1v) is 10.8. The van der Waals surface area contributed by atoms with Crippen LogP contribution in [-0.2, 0) is 4.79 Å². The van der Waals surface area contributed by atoms with E-state index in [1.54, 1.807) is 0 Å². The molecule has 0 amide bonds. The highest BCUT2D eigenvalue weighted by atomic mass is 32.2. The molecule has 6 nitrogen and oxygen atoms in total. The fraction of sp³-hybridized carbons (Fsp3) is 0.318. The molecule has 8 heteroatoms. The van der Waals surface area contributed by atoms with Crippen LogP contribution in [0.4, 0.5) is 21.7 Å². The third-order valence-corrected chi connectivity index (χ3v) is 6.96. The molecule has 3 aliphatic heterocycles. The SMILES string of the molecule is CN1CCCN(c2nc3c(cc2F)C(=O)CC(C=O)=C2Sc4ccccc4N23)CC1. The Balaban J connectivity index is 1.68. The van der Waals surface area contributed by atoms with Gasteiger partial charge in [-0.1, -0.05) is 23.9 Å². The van der Waals surface area contributed by atoms with E-state index in [1.807, 2.05) is 34.1 Å². The van der Waals surface area contributed by atoms with Crippen molar-refractivity contribution in [2.45, 2.75) is 17.7 Å². The van der Waals surface area contributed by atoms with Crippen LogP contribution < -0.4 is 9.80 Å². The van der Waals surface area contributed by atoms with Gasteiger partial charge in [0.2, 0.25) is 0 Å². The van der Waals surface area contributed by atoms with Crippen molar-refractivity contribution in [3.05, 3.63) is 52.3 Å². The second kappa shape index (κ2) is 7.52. The molecule has 0 atom stereocenters. The average molecular weight is 425 g/mol. The van der Waals surface area contributed by atoms with Gasteiger partial charge in [-0.15, -0.1) is 0 Å². The molecule has 30 heavy (non-hydrogen) atoms. The summed E-state index contributed by atoms with van der Waals surface area (Å²) in [5.41, 5.74) is 1.47. The Labute approximate surface area is 178 Å². The second-order valence-electron chi connectivity index (χ2n) is 7.76. The molecule has 0 radical (unpaired) electrons. The van der Waals surface area contributed by atoms with Crippen molar-refractivity contribution in [1.82, 2.24) is 9.88 Å². The average Bonchev–Trinajstić information content (AvgIpc) is 2.93. The molecule has 1 aromatic heterocycles. The van der Waals surface area contributed by atoms with E-state index in [0.717, 1.165) is 36.4 Å². The number of halogens is 1. The van der Waals surface area contributed by atoms with Crippen LogP contribution in [0, 0.1) is 5.82 Å². The quantitative estimate of drug-likeness (QED) is 0.683. The normalized spacial score (nSPS) is 19.2. The number of allylic oxidation sites excluding steroid dienone is 1. The van der Waals surface area contributed by atoms with Crippen molar-refractivity contribution in [3.63, 3.8) is 0 Å². The molecular formula is C22H21FN4O2S. The fourth-order valence-corrected chi connectivity index (χ4v) is 5.31. The van der Waals surface area contributed by atoms with Gasteiger partial charge in [-0.25, -0.2) is 9.37 Å². The van der Waals surface area contributed by atoms with Gasteiger partial charge < -0.3 is 9.80 Å². The molecule has 3 aliphatic rings. The van der Waals surface area contributed by atoms with Gasteiger partial charge in [-0.05, 0) is 38.2 Å². The second-order valence-corrected chi connectivity index (χ2v) is 8.79. The van der Waals surface area contributed by atoms with Crippen molar-refractivity contribution < 1.29 is 14.0 Å². The van der Waals surface area contributed by atoms with Crippen LogP contribution in [0.3, 0.4) is 0 Å². The standard InChI is InChI=1S/C22H21FN4O2S/c1-25-7-4-8-26(10-9-25)21-16(23)12-15-18(29)11-14(13-28)22-27(20(15)24-21)17-5-2-3-6-19(17)30-22/h2-3,5-6,12-13H,4,7-11H2,1H3. The van der Waals surface area contributed by atoms with E-state index in [0.29, 0.717) is 29.5 Å². The first-order chi connectivity index (χ1) is 14.6. The van der Waals surface area contributed by atoms with E-state index in [2.05, 4.69) is 11.9 Å². The van der Waals surface area contributed by atoms with Gasteiger partial charge in [-0.2, -0.15) is 0 Å². The third kappa shape index (κ3) is 3.11. The highest BCUT2D eigenvalue weighted by Gasteiger charge is 2.37. The number of carbonyl (C=O) groups is 2. The number of aromatic nitrogens is 1. The van der Waals surface area contributed by atoms with Crippen molar-refractivity contribution >= 4 is 41.2 Å². The van der Waals surface area contributed by atoms with Crippen LogP contribution in [0.15, 0.2) is 45.8 Å². The van der Waals surface area contributed by atoms with Crippen LogP contribution in [0.1, 0.15) is 23.2 Å². The number of anilines is 3. The van der Waals surface area contributed by atoms with E-state index in [-0.39, 0.29) is 23.6 Å². The van der Waals surface area contributed by atoms with E-state index in [4.69, 9.17) is 4.98 Å². The number of carbonyl (C=O) groups excluding carboxylic acids is 2. The first-order valence-electron chi connectivity index (χ1n) is 9.99. The Morgan fingerprint density at radius 1 is 1.13 bits per heavy atom. The van der Waals surface area contributed by atoms with Gasteiger partial charge in [0.15, 0.2) is 23.2 Å². The molecule has 0 aliphatic carbocycles. The molecule has 154 valence electrons. The largest absolute Gasteiger partial charge is 0.353 e. The number of pyridine rings is 1. The van der Waals surface area contributed by atoms with Crippen molar-refractivity contribution in [2.24, 2.45) is 0 Å². The number of likely N-dealkylation sites (N-methyl/N-ethyl adjacent to an activating group) is 1. The Hall–Kier alpha value is -2.71. The number of thioether (sulfide) groups is 1.